The van der Waals surface area contributed by atoms with Crippen LogP contribution in [0.2, 0.25) is 0 Å². The average molecular weight is 454 g/mol. The molecule has 0 unspecified atom stereocenters. The Labute approximate surface area is 191 Å². The van der Waals surface area contributed by atoms with Crippen LogP contribution in [0.3, 0.4) is 0 Å². The number of esters is 1. The number of nitrogens with one attached hydrogen (secondary N) is 1. The first-order valence-corrected chi connectivity index (χ1v) is 10.1. The van der Waals surface area contributed by atoms with Gasteiger partial charge in [0, 0.05) is 39.4 Å². The zero-order valence-electron chi connectivity index (χ0n) is 17.4. The van der Waals surface area contributed by atoms with E-state index in [1.165, 1.54) is 30.5 Å². The summed E-state index contributed by atoms with van der Waals surface area (Å²) in [6.45, 7) is -0.662. The maximum Gasteiger partial charge on any atom is 0.345 e. The summed E-state index contributed by atoms with van der Waals surface area (Å²) in [5.41, 5.74) is -0.789. The minimum Gasteiger partial charge on any atom is -0.454 e. The Hall–Kier alpha value is -4.92. The minimum absolute atomic E-state index is 0.0168. The van der Waals surface area contributed by atoms with Gasteiger partial charge in [0.25, 0.3) is 5.69 Å². The summed E-state index contributed by atoms with van der Waals surface area (Å²) < 4.78 is 5.07. The maximum atomic E-state index is 13.0. The smallest absolute Gasteiger partial charge is 0.345 e. The monoisotopic (exact) mass is 454 g/mol. The first kappa shape index (κ1) is 21.0. The van der Waals surface area contributed by atoms with E-state index in [0.29, 0.717) is 10.9 Å². The molecule has 0 fully saturated rings. The first-order chi connectivity index (χ1) is 16.4. The molecule has 3 aromatic carbocycles. The van der Waals surface area contributed by atoms with E-state index in [9.17, 15) is 29.3 Å². The van der Waals surface area contributed by atoms with Crippen molar-refractivity contribution in [1.82, 2.24) is 4.98 Å². The molecule has 9 nitrogen and oxygen atoms in total. The van der Waals surface area contributed by atoms with Crippen molar-refractivity contribution in [1.29, 1.82) is 0 Å². The van der Waals surface area contributed by atoms with Gasteiger partial charge in [0.2, 0.25) is 11.6 Å². The molecule has 1 aliphatic rings. The van der Waals surface area contributed by atoms with Crippen molar-refractivity contribution in [2.24, 2.45) is 0 Å². The van der Waals surface area contributed by atoms with E-state index >= 15 is 0 Å². The summed E-state index contributed by atoms with van der Waals surface area (Å²) >= 11 is 0. The van der Waals surface area contributed by atoms with Crippen LogP contribution in [0, 0.1) is 10.1 Å². The van der Waals surface area contributed by atoms with Crippen LogP contribution in [0.5, 0.6) is 0 Å². The topological polar surface area (TPSA) is 136 Å². The molecule has 1 heterocycles. The molecule has 34 heavy (non-hydrogen) atoms. The number of rotatable bonds is 5. The predicted molar refractivity (Wildman–Crippen MR) is 119 cm³/mol. The number of ether oxygens (including phenoxy) is 1. The molecule has 0 aliphatic heterocycles. The van der Waals surface area contributed by atoms with Gasteiger partial charge in [-0.3, -0.25) is 24.5 Å². The van der Waals surface area contributed by atoms with Crippen molar-refractivity contribution in [3.63, 3.8) is 0 Å². The highest BCUT2D eigenvalue weighted by Gasteiger charge is 2.39. The summed E-state index contributed by atoms with van der Waals surface area (Å²) in [5, 5.41) is 12.5. The van der Waals surface area contributed by atoms with E-state index in [1.807, 2.05) is 0 Å². The SMILES string of the molecule is O=C1c2ccccc2C(=O)c2c1ccc(C(=O)OCC(=O)c1c[nH]c3ccccc13)c2[N+](=O)[O-]. The summed E-state index contributed by atoms with van der Waals surface area (Å²) in [6.07, 6.45) is 1.49. The number of fused-ring (bicyclic) bond motifs is 3. The lowest BCUT2D eigenvalue weighted by Gasteiger charge is -2.18. The molecule has 4 aromatic rings. The van der Waals surface area contributed by atoms with Crippen molar-refractivity contribution in [2.45, 2.75) is 0 Å². The Bertz CT molecular complexity index is 1560. The van der Waals surface area contributed by atoms with Crippen LogP contribution >= 0.6 is 0 Å². The predicted octanol–water partition coefficient (Wildman–Crippen LogP) is 3.89. The molecular formula is C25H14N2O7. The Morgan fingerprint density at radius 1 is 0.853 bits per heavy atom. The van der Waals surface area contributed by atoms with E-state index in [0.717, 1.165) is 11.6 Å². The second kappa shape index (κ2) is 7.89. The quantitative estimate of drug-likeness (QED) is 0.184. The number of nitro groups is 1. The lowest BCUT2D eigenvalue weighted by Crippen LogP contribution is -2.24. The number of ketones is 3. The van der Waals surface area contributed by atoms with Crippen molar-refractivity contribution >= 4 is 39.9 Å². The number of H-pyrrole nitrogens is 1. The van der Waals surface area contributed by atoms with Gasteiger partial charge >= 0.3 is 5.97 Å². The minimum atomic E-state index is -1.15. The van der Waals surface area contributed by atoms with Gasteiger partial charge in [-0.2, -0.15) is 0 Å². The third-order valence-electron chi connectivity index (χ3n) is 5.69. The fourth-order valence-corrected chi connectivity index (χ4v) is 4.11. The molecule has 1 aromatic heterocycles. The fourth-order valence-electron chi connectivity index (χ4n) is 4.11. The number of nitrogens with zero attached hydrogens (tertiary/aromatic N) is 1. The Morgan fingerprint density at radius 2 is 1.53 bits per heavy atom. The van der Waals surface area contributed by atoms with Gasteiger partial charge in [0.15, 0.2) is 12.4 Å². The summed E-state index contributed by atoms with van der Waals surface area (Å²) in [4.78, 5) is 65.2. The van der Waals surface area contributed by atoms with Gasteiger partial charge in [-0.05, 0) is 18.2 Å². The van der Waals surface area contributed by atoms with Gasteiger partial charge in [-0.15, -0.1) is 0 Å². The second-order valence-electron chi connectivity index (χ2n) is 7.59. The number of aromatic amines is 1. The Kier molecular flexibility index (Phi) is 4.86. The van der Waals surface area contributed by atoms with E-state index in [-0.39, 0.29) is 16.7 Å². The number of hydrogen-bond acceptors (Lipinski definition) is 7. The lowest BCUT2D eigenvalue weighted by molar-refractivity contribution is -0.385. The largest absolute Gasteiger partial charge is 0.454 e. The second-order valence-corrected chi connectivity index (χ2v) is 7.59. The molecular weight excluding hydrogens is 440 g/mol. The van der Waals surface area contributed by atoms with E-state index in [4.69, 9.17) is 4.74 Å². The molecule has 0 saturated heterocycles. The summed E-state index contributed by atoms with van der Waals surface area (Å²) in [7, 11) is 0. The molecule has 1 aliphatic carbocycles. The number of aromatic nitrogens is 1. The summed E-state index contributed by atoms with van der Waals surface area (Å²) in [6, 6.07) is 15.3. The Morgan fingerprint density at radius 3 is 2.26 bits per heavy atom. The fraction of sp³-hybridized carbons (Fsp3) is 0.0400. The number of carbonyl (C=O) groups excluding carboxylic acids is 4. The van der Waals surface area contributed by atoms with Gasteiger partial charge in [0.1, 0.15) is 11.1 Å². The zero-order valence-corrected chi connectivity index (χ0v) is 17.4. The highest BCUT2D eigenvalue weighted by atomic mass is 16.6. The van der Waals surface area contributed by atoms with Crippen LogP contribution in [0.1, 0.15) is 52.6 Å². The molecule has 0 bridgehead atoms. The van der Waals surface area contributed by atoms with Crippen molar-refractivity contribution in [2.75, 3.05) is 6.61 Å². The molecule has 0 saturated carbocycles. The third-order valence-corrected chi connectivity index (χ3v) is 5.69. The van der Waals surface area contributed by atoms with Gasteiger partial charge in [-0.1, -0.05) is 42.5 Å². The average Bonchev–Trinajstić information content (AvgIpc) is 3.29. The molecule has 0 radical (unpaired) electrons. The number of Topliss-reactive ketones (excluding diaryl/α,β-unsaturated/α-hetero) is 1. The summed E-state index contributed by atoms with van der Waals surface area (Å²) in [5.74, 6) is -2.95. The molecule has 5 rings (SSSR count). The van der Waals surface area contributed by atoms with Crippen LogP contribution in [0.4, 0.5) is 5.69 Å². The highest BCUT2D eigenvalue weighted by Crippen LogP contribution is 2.35. The van der Waals surface area contributed by atoms with Crippen LogP contribution in [0.15, 0.2) is 66.9 Å². The third kappa shape index (κ3) is 3.18. The maximum absolute atomic E-state index is 13.0. The van der Waals surface area contributed by atoms with Crippen molar-refractivity contribution in [3.8, 4) is 0 Å². The number of para-hydroxylation sites is 1. The molecule has 0 amide bonds. The van der Waals surface area contributed by atoms with Gasteiger partial charge in [-0.25, -0.2) is 4.79 Å². The lowest BCUT2D eigenvalue weighted by atomic mass is 9.82. The standard InChI is InChI=1S/C25H14N2O7/c28-20(18-11-26-19-8-4-3-5-13(18)19)12-34-25(31)17-10-9-16-21(22(17)27(32)33)24(30)15-7-2-1-6-14(15)23(16)29/h1-11,26H,12H2. The van der Waals surface area contributed by atoms with Gasteiger partial charge in [0.05, 0.1) is 4.92 Å². The number of hydrogen-bond donors (Lipinski definition) is 1. The Balaban J connectivity index is 1.48. The van der Waals surface area contributed by atoms with Crippen molar-refractivity contribution in [3.05, 3.63) is 110 Å². The molecule has 9 heteroatoms. The first-order valence-electron chi connectivity index (χ1n) is 10.1. The van der Waals surface area contributed by atoms with Crippen molar-refractivity contribution < 1.29 is 28.8 Å². The zero-order chi connectivity index (χ0) is 24.0. The molecule has 0 spiro atoms. The van der Waals surface area contributed by atoms with Gasteiger partial charge < -0.3 is 9.72 Å². The van der Waals surface area contributed by atoms with E-state index < -0.39 is 51.7 Å². The van der Waals surface area contributed by atoms with Crippen LogP contribution in [-0.4, -0.2) is 39.8 Å². The number of benzene rings is 3. The van der Waals surface area contributed by atoms with Crippen LogP contribution < -0.4 is 0 Å². The van der Waals surface area contributed by atoms with E-state index in [2.05, 4.69) is 4.98 Å². The van der Waals surface area contributed by atoms with Crippen LogP contribution in [0.25, 0.3) is 10.9 Å². The normalized spacial score (nSPS) is 12.2. The molecule has 0 atom stereocenters. The number of carbonyl (C=O) groups is 4. The molecule has 166 valence electrons. The van der Waals surface area contributed by atoms with Crippen LogP contribution in [-0.2, 0) is 4.74 Å². The highest BCUT2D eigenvalue weighted by molar-refractivity contribution is 6.30. The van der Waals surface area contributed by atoms with E-state index in [1.54, 1.807) is 30.3 Å². The number of nitro benzene ring substituents is 1. The molecule has 1 N–H and O–H groups in total.